The SMILES string of the molecule is CCCCCCC(CO)NS(=O)(=O)CCCc1ccccc1.O=P(=O)C(O)COCc1ccccc1. The molecule has 0 fully saturated rings. The zero-order chi connectivity index (χ0) is 26.7. The van der Waals surface area contributed by atoms with Crippen LogP contribution in [0, 0.1) is 0 Å². The Kier molecular flexibility index (Phi) is 17.2. The molecule has 2 aromatic rings. The Balaban J connectivity index is 0.000000397. The molecule has 202 valence electrons. The predicted molar refractivity (Wildman–Crippen MR) is 142 cm³/mol. The van der Waals surface area contributed by atoms with Crippen molar-refractivity contribution < 1.29 is 32.5 Å². The second-order valence-electron chi connectivity index (χ2n) is 8.52. The van der Waals surface area contributed by atoms with E-state index in [1.165, 1.54) is 0 Å². The highest BCUT2D eigenvalue weighted by Crippen LogP contribution is 2.12. The third-order valence-electron chi connectivity index (χ3n) is 5.32. The molecule has 0 aliphatic rings. The van der Waals surface area contributed by atoms with Crippen LogP contribution in [0.5, 0.6) is 0 Å². The lowest BCUT2D eigenvalue weighted by Crippen LogP contribution is -2.38. The normalized spacial score (nSPS) is 12.9. The van der Waals surface area contributed by atoms with Crippen LogP contribution in [0.2, 0.25) is 0 Å². The highest BCUT2D eigenvalue weighted by molar-refractivity contribution is 7.89. The van der Waals surface area contributed by atoms with Gasteiger partial charge in [-0.15, -0.1) is 0 Å². The van der Waals surface area contributed by atoms with Crippen LogP contribution in [0.4, 0.5) is 0 Å². The largest absolute Gasteiger partial charge is 0.395 e. The standard InChI is InChI=1S/C17H29NO3S.C9H11O4P/c1-2-3-4-8-13-17(15-19)18-22(20,21)14-9-12-16-10-6-5-7-11-16;10-9(14(11)12)7-13-6-8-4-2-1-3-5-8/h5-7,10-11,17-19H,2-4,8-9,12-15H2,1H3;1-5,9-10H,6-7H2. The number of benzene rings is 2. The zero-order valence-electron chi connectivity index (χ0n) is 21.0. The van der Waals surface area contributed by atoms with E-state index >= 15 is 0 Å². The minimum Gasteiger partial charge on any atom is -0.395 e. The Morgan fingerprint density at radius 1 is 0.917 bits per heavy atom. The molecule has 0 saturated heterocycles. The quantitative estimate of drug-likeness (QED) is 0.198. The van der Waals surface area contributed by atoms with E-state index in [0.29, 0.717) is 19.4 Å². The van der Waals surface area contributed by atoms with Gasteiger partial charge in [-0.25, -0.2) is 22.3 Å². The molecule has 0 aromatic heterocycles. The number of aliphatic hydroxyl groups excluding tert-OH is 2. The van der Waals surface area contributed by atoms with Crippen molar-refractivity contribution in [3.63, 3.8) is 0 Å². The smallest absolute Gasteiger partial charge is 0.347 e. The van der Waals surface area contributed by atoms with Gasteiger partial charge < -0.3 is 14.9 Å². The lowest BCUT2D eigenvalue weighted by molar-refractivity contribution is 0.0626. The third-order valence-corrected chi connectivity index (χ3v) is 7.47. The molecule has 0 spiro atoms. The van der Waals surface area contributed by atoms with E-state index in [1.807, 2.05) is 60.7 Å². The van der Waals surface area contributed by atoms with Crippen LogP contribution in [0.15, 0.2) is 60.7 Å². The number of sulfonamides is 1. The summed E-state index contributed by atoms with van der Waals surface area (Å²) < 4.78 is 52.2. The van der Waals surface area contributed by atoms with Gasteiger partial charge in [-0.05, 0) is 30.4 Å². The number of rotatable bonds is 17. The highest BCUT2D eigenvalue weighted by atomic mass is 32.2. The first-order chi connectivity index (χ1) is 17.3. The average Bonchev–Trinajstić information content (AvgIpc) is 2.87. The fourth-order valence-corrected chi connectivity index (χ4v) is 4.92. The molecule has 0 aliphatic heterocycles. The summed E-state index contributed by atoms with van der Waals surface area (Å²) in [5.41, 5.74) is 2.09. The molecule has 0 aliphatic carbocycles. The number of unbranched alkanes of at least 4 members (excludes halogenated alkanes) is 3. The van der Waals surface area contributed by atoms with Crippen LogP contribution in [-0.4, -0.2) is 49.5 Å². The first-order valence-electron chi connectivity index (χ1n) is 12.4. The molecule has 0 radical (unpaired) electrons. The van der Waals surface area contributed by atoms with Crippen LogP contribution in [-0.2, 0) is 36.9 Å². The van der Waals surface area contributed by atoms with E-state index in [-0.39, 0.29) is 25.0 Å². The van der Waals surface area contributed by atoms with E-state index in [4.69, 9.17) is 9.84 Å². The Labute approximate surface area is 216 Å². The van der Waals surface area contributed by atoms with E-state index in [2.05, 4.69) is 11.6 Å². The molecule has 2 aromatic carbocycles. The summed E-state index contributed by atoms with van der Waals surface area (Å²) >= 11 is 0. The van der Waals surface area contributed by atoms with Crippen molar-refractivity contribution in [1.82, 2.24) is 4.72 Å². The van der Waals surface area contributed by atoms with Gasteiger partial charge in [0.1, 0.15) is 0 Å². The first kappa shape index (κ1) is 32.2. The topological polar surface area (TPSA) is 130 Å². The van der Waals surface area contributed by atoms with Crippen LogP contribution >= 0.6 is 7.68 Å². The van der Waals surface area contributed by atoms with Crippen molar-refractivity contribution in [3.8, 4) is 0 Å². The fraction of sp³-hybridized carbons (Fsp3) is 0.538. The Bertz CT molecular complexity index is 978. The van der Waals surface area contributed by atoms with E-state index in [9.17, 15) is 22.7 Å². The zero-order valence-corrected chi connectivity index (χ0v) is 22.7. The molecule has 0 amide bonds. The Morgan fingerprint density at radius 2 is 1.53 bits per heavy atom. The molecule has 36 heavy (non-hydrogen) atoms. The van der Waals surface area contributed by atoms with Crippen LogP contribution in [0.3, 0.4) is 0 Å². The molecule has 2 rings (SSSR count). The van der Waals surface area contributed by atoms with Crippen LogP contribution in [0.25, 0.3) is 0 Å². The van der Waals surface area contributed by atoms with Crippen molar-refractivity contribution in [3.05, 3.63) is 71.8 Å². The summed E-state index contributed by atoms with van der Waals surface area (Å²) in [4.78, 5) is 0. The molecule has 2 atom stereocenters. The maximum absolute atomic E-state index is 12.1. The first-order valence-corrected chi connectivity index (χ1v) is 15.2. The highest BCUT2D eigenvalue weighted by Gasteiger charge is 2.16. The number of aryl methyl sites for hydroxylation is 1. The summed E-state index contributed by atoms with van der Waals surface area (Å²) in [7, 11) is -6.13. The van der Waals surface area contributed by atoms with Gasteiger partial charge in [-0.2, -0.15) is 0 Å². The van der Waals surface area contributed by atoms with Crippen LogP contribution in [0.1, 0.15) is 56.6 Å². The minimum absolute atomic E-state index is 0.105. The Hall–Kier alpha value is -1.87. The molecule has 3 N–H and O–H groups in total. The summed E-state index contributed by atoms with van der Waals surface area (Å²) in [6.45, 7) is 2.12. The number of ether oxygens (including phenoxy) is 1. The van der Waals surface area contributed by atoms with Gasteiger partial charge in [0.2, 0.25) is 10.0 Å². The Morgan fingerprint density at radius 3 is 2.08 bits per heavy atom. The van der Waals surface area contributed by atoms with Crippen molar-refractivity contribution >= 4 is 17.7 Å². The second-order valence-corrected chi connectivity index (χ2v) is 11.6. The minimum atomic E-state index is -3.32. The summed E-state index contributed by atoms with van der Waals surface area (Å²) in [6, 6.07) is 18.9. The number of aliphatic hydroxyl groups is 2. The monoisotopic (exact) mass is 541 g/mol. The van der Waals surface area contributed by atoms with Gasteiger partial charge in [0.05, 0.1) is 25.6 Å². The van der Waals surface area contributed by atoms with Crippen LogP contribution < -0.4 is 4.72 Å². The van der Waals surface area contributed by atoms with E-state index < -0.39 is 23.5 Å². The van der Waals surface area contributed by atoms with Gasteiger partial charge in [0.15, 0.2) is 5.85 Å². The lowest BCUT2D eigenvalue weighted by atomic mass is 10.1. The van der Waals surface area contributed by atoms with Gasteiger partial charge in [-0.3, -0.25) is 0 Å². The molecule has 10 heteroatoms. The molecule has 2 unspecified atom stereocenters. The molecule has 0 bridgehead atoms. The van der Waals surface area contributed by atoms with Crippen molar-refractivity contribution in [1.29, 1.82) is 0 Å². The van der Waals surface area contributed by atoms with Crippen molar-refractivity contribution in [2.24, 2.45) is 0 Å². The van der Waals surface area contributed by atoms with E-state index in [1.54, 1.807) is 0 Å². The molecular weight excluding hydrogens is 501 g/mol. The van der Waals surface area contributed by atoms with E-state index in [0.717, 1.165) is 43.2 Å². The summed E-state index contributed by atoms with van der Waals surface area (Å²) in [5, 5.41) is 18.2. The molecule has 8 nitrogen and oxygen atoms in total. The third kappa shape index (κ3) is 16.0. The van der Waals surface area contributed by atoms with Gasteiger partial charge in [-0.1, -0.05) is 93.3 Å². The second kappa shape index (κ2) is 19.3. The maximum atomic E-state index is 12.1. The predicted octanol–water partition coefficient (Wildman–Crippen LogP) is 4.56. The maximum Gasteiger partial charge on any atom is 0.347 e. The number of nitrogens with one attached hydrogen (secondary N) is 1. The number of hydrogen-bond acceptors (Lipinski definition) is 7. The van der Waals surface area contributed by atoms with Gasteiger partial charge in [0, 0.05) is 6.04 Å². The molecule has 0 heterocycles. The molecule has 0 saturated carbocycles. The van der Waals surface area contributed by atoms with Gasteiger partial charge >= 0.3 is 7.68 Å². The molecular formula is C26H40NO7PS. The summed E-state index contributed by atoms with van der Waals surface area (Å²) in [6.07, 6.45) is 6.38. The lowest BCUT2D eigenvalue weighted by Gasteiger charge is -2.16. The van der Waals surface area contributed by atoms with Crippen molar-refractivity contribution in [2.75, 3.05) is 19.0 Å². The van der Waals surface area contributed by atoms with Gasteiger partial charge in [0.25, 0.3) is 0 Å². The average molecular weight is 542 g/mol. The fourth-order valence-electron chi connectivity index (χ4n) is 3.35. The number of hydrogen-bond donors (Lipinski definition) is 3. The summed E-state index contributed by atoms with van der Waals surface area (Å²) in [5.74, 6) is -1.30. The van der Waals surface area contributed by atoms with Crippen molar-refractivity contribution in [2.45, 2.75) is 70.4 Å².